The van der Waals surface area contributed by atoms with Crippen molar-refractivity contribution in [1.29, 1.82) is 0 Å². The van der Waals surface area contributed by atoms with Crippen molar-refractivity contribution in [2.75, 3.05) is 20.4 Å². The van der Waals surface area contributed by atoms with E-state index in [4.69, 9.17) is 18.7 Å². The molecule has 0 aliphatic carbocycles. The average molecular weight is 373 g/mol. The number of likely N-dealkylation sites (tertiary alicyclic amines) is 1. The first-order chi connectivity index (χ1) is 13.0. The number of benzene rings is 1. The molecule has 0 unspecified atom stereocenters. The predicted molar refractivity (Wildman–Crippen MR) is 94.0 cm³/mol. The first-order valence-electron chi connectivity index (χ1n) is 9.01. The third kappa shape index (κ3) is 3.90. The van der Waals surface area contributed by atoms with Gasteiger partial charge >= 0.3 is 0 Å². The summed E-state index contributed by atoms with van der Waals surface area (Å²) in [5.41, 5.74) is 1.15. The van der Waals surface area contributed by atoms with Gasteiger partial charge in [0.05, 0.1) is 6.54 Å². The van der Waals surface area contributed by atoms with Gasteiger partial charge in [0.2, 0.25) is 12.7 Å². The Morgan fingerprint density at radius 1 is 1.30 bits per heavy atom. The van der Waals surface area contributed by atoms with Gasteiger partial charge in [0, 0.05) is 20.1 Å². The molecule has 0 saturated carbocycles. The number of nitrogens with zero attached hydrogens (tertiary/aromatic N) is 3. The van der Waals surface area contributed by atoms with Gasteiger partial charge in [0.1, 0.15) is 6.61 Å². The van der Waals surface area contributed by atoms with E-state index in [-0.39, 0.29) is 24.7 Å². The normalized spacial score (nSPS) is 21.7. The molecule has 2 aliphatic rings. The second-order valence-electron chi connectivity index (χ2n) is 7.46. The Hall–Kier alpha value is -2.61. The summed E-state index contributed by atoms with van der Waals surface area (Å²) in [5, 5.41) is 3.94. The Labute approximate surface area is 157 Å². The van der Waals surface area contributed by atoms with E-state index in [1.54, 1.807) is 7.11 Å². The second kappa shape index (κ2) is 7.19. The van der Waals surface area contributed by atoms with E-state index < -0.39 is 0 Å². The van der Waals surface area contributed by atoms with Crippen LogP contribution in [0, 0.1) is 5.41 Å². The highest BCUT2D eigenvalue weighted by Gasteiger charge is 2.36. The van der Waals surface area contributed by atoms with Gasteiger partial charge in [0.15, 0.2) is 17.3 Å². The fourth-order valence-electron chi connectivity index (χ4n) is 3.73. The topological polar surface area (TPSA) is 86.9 Å². The van der Waals surface area contributed by atoms with Gasteiger partial charge in [-0.3, -0.25) is 4.79 Å². The van der Waals surface area contributed by atoms with Crippen molar-refractivity contribution in [2.24, 2.45) is 5.41 Å². The van der Waals surface area contributed by atoms with Crippen LogP contribution < -0.4 is 9.47 Å². The van der Waals surface area contributed by atoms with Crippen LogP contribution in [0.5, 0.6) is 11.5 Å². The zero-order valence-electron chi connectivity index (χ0n) is 15.6. The van der Waals surface area contributed by atoms with E-state index in [1.165, 1.54) is 5.56 Å². The molecule has 1 aromatic carbocycles. The molecule has 1 fully saturated rings. The first-order valence-corrected chi connectivity index (χ1v) is 9.01. The molecular weight excluding hydrogens is 350 g/mol. The fraction of sp³-hybridized carbons (Fsp3) is 0.526. The van der Waals surface area contributed by atoms with Gasteiger partial charge in [-0.05, 0) is 36.0 Å². The van der Waals surface area contributed by atoms with Crippen LogP contribution >= 0.6 is 0 Å². The number of amides is 1. The summed E-state index contributed by atoms with van der Waals surface area (Å²) in [6.07, 6.45) is 2.22. The molecule has 8 heteroatoms. The number of carbonyl (C=O) groups excluding carboxylic acids is 1. The summed E-state index contributed by atoms with van der Waals surface area (Å²) in [6.45, 7) is 3.75. The van der Waals surface area contributed by atoms with Gasteiger partial charge in [-0.1, -0.05) is 18.1 Å². The minimum absolute atomic E-state index is 0.0271. The van der Waals surface area contributed by atoms with Gasteiger partial charge in [-0.15, -0.1) is 0 Å². The smallest absolute Gasteiger partial charge is 0.252 e. The van der Waals surface area contributed by atoms with Gasteiger partial charge < -0.3 is 23.6 Å². The number of fused-ring (bicyclic) bond motifs is 1. The Kier molecular flexibility index (Phi) is 4.73. The first kappa shape index (κ1) is 17.8. The third-order valence-corrected chi connectivity index (χ3v) is 5.05. The van der Waals surface area contributed by atoms with Crippen molar-refractivity contribution in [3.63, 3.8) is 0 Å². The molecule has 1 saturated heterocycles. The molecule has 1 atom stereocenters. The molecule has 8 nitrogen and oxygen atoms in total. The van der Waals surface area contributed by atoms with Crippen molar-refractivity contribution >= 4 is 5.91 Å². The SMILES string of the molecule is COCc1nc(CN2C[C@](C)(Cc3ccc4c(c3)OCO4)CCC2=O)no1. The maximum atomic E-state index is 12.4. The molecule has 27 heavy (non-hydrogen) atoms. The van der Waals surface area contributed by atoms with Crippen LogP contribution in [-0.2, 0) is 29.1 Å². The minimum atomic E-state index is -0.0271. The zero-order chi connectivity index (χ0) is 18.9. The van der Waals surface area contributed by atoms with E-state index >= 15 is 0 Å². The van der Waals surface area contributed by atoms with Crippen LogP contribution in [0.25, 0.3) is 0 Å². The highest BCUT2D eigenvalue weighted by molar-refractivity contribution is 5.77. The molecule has 0 radical (unpaired) electrons. The quantitative estimate of drug-likeness (QED) is 0.768. The van der Waals surface area contributed by atoms with Gasteiger partial charge in [-0.2, -0.15) is 4.98 Å². The Morgan fingerprint density at radius 2 is 2.15 bits per heavy atom. The number of hydrogen-bond donors (Lipinski definition) is 0. The molecular formula is C19H23N3O5. The lowest BCUT2D eigenvalue weighted by Crippen LogP contribution is -2.45. The number of aromatic nitrogens is 2. The lowest BCUT2D eigenvalue weighted by atomic mass is 9.76. The van der Waals surface area contributed by atoms with Crippen molar-refractivity contribution in [3.05, 3.63) is 35.5 Å². The lowest BCUT2D eigenvalue weighted by molar-refractivity contribution is -0.138. The molecule has 4 rings (SSSR count). The Bertz CT molecular complexity index is 837. The van der Waals surface area contributed by atoms with E-state index in [0.29, 0.717) is 31.2 Å². The molecule has 0 N–H and O–H groups in total. The van der Waals surface area contributed by atoms with E-state index in [1.807, 2.05) is 17.0 Å². The lowest BCUT2D eigenvalue weighted by Gasteiger charge is -2.40. The summed E-state index contributed by atoms with van der Waals surface area (Å²) >= 11 is 0. The van der Waals surface area contributed by atoms with Crippen molar-refractivity contribution < 1.29 is 23.5 Å². The number of rotatable bonds is 6. The zero-order valence-corrected chi connectivity index (χ0v) is 15.6. The molecule has 2 aromatic rings. The maximum Gasteiger partial charge on any atom is 0.252 e. The van der Waals surface area contributed by atoms with E-state index in [2.05, 4.69) is 23.1 Å². The summed E-state index contributed by atoms with van der Waals surface area (Å²) in [7, 11) is 1.57. The summed E-state index contributed by atoms with van der Waals surface area (Å²) in [5.74, 6) is 2.62. The predicted octanol–water partition coefficient (Wildman–Crippen LogP) is 2.32. The van der Waals surface area contributed by atoms with Crippen molar-refractivity contribution in [2.45, 2.75) is 39.3 Å². The summed E-state index contributed by atoms with van der Waals surface area (Å²) < 4.78 is 21.0. The van der Waals surface area contributed by atoms with Crippen LogP contribution in [0.2, 0.25) is 0 Å². The highest BCUT2D eigenvalue weighted by atomic mass is 16.7. The summed E-state index contributed by atoms with van der Waals surface area (Å²) in [4.78, 5) is 18.5. The molecule has 0 spiro atoms. The molecule has 0 bridgehead atoms. The maximum absolute atomic E-state index is 12.4. The number of piperidine rings is 1. The molecule has 3 heterocycles. The minimum Gasteiger partial charge on any atom is -0.454 e. The number of ether oxygens (including phenoxy) is 3. The molecule has 2 aliphatic heterocycles. The molecule has 1 aromatic heterocycles. The monoisotopic (exact) mass is 373 g/mol. The van der Waals surface area contributed by atoms with Crippen molar-refractivity contribution in [1.82, 2.24) is 15.0 Å². The third-order valence-electron chi connectivity index (χ3n) is 5.05. The number of methoxy groups -OCH3 is 1. The van der Waals surface area contributed by atoms with Crippen LogP contribution in [-0.4, -0.2) is 41.4 Å². The molecule has 144 valence electrons. The van der Waals surface area contributed by atoms with Crippen LogP contribution in [0.15, 0.2) is 22.7 Å². The van der Waals surface area contributed by atoms with E-state index in [0.717, 1.165) is 24.3 Å². The standard InChI is InChI=1S/C19H23N3O5/c1-19(8-13-3-4-14-15(7-13)26-12-25-14)6-5-18(23)22(11-19)9-16-20-17(10-24-2)27-21-16/h3-4,7H,5-6,8-12H2,1-2H3/t19-/m0/s1. The highest BCUT2D eigenvalue weighted by Crippen LogP contribution is 2.38. The van der Waals surface area contributed by atoms with Crippen LogP contribution in [0.4, 0.5) is 0 Å². The second-order valence-corrected chi connectivity index (χ2v) is 7.46. The Morgan fingerprint density at radius 3 is 3.00 bits per heavy atom. The van der Waals surface area contributed by atoms with Crippen LogP contribution in [0.3, 0.4) is 0 Å². The average Bonchev–Trinajstić information content (AvgIpc) is 3.27. The largest absolute Gasteiger partial charge is 0.454 e. The Balaban J connectivity index is 1.44. The fourth-order valence-corrected chi connectivity index (χ4v) is 3.73. The van der Waals surface area contributed by atoms with Gasteiger partial charge in [0.25, 0.3) is 5.89 Å². The van der Waals surface area contributed by atoms with E-state index in [9.17, 15) is 4.79 Å². The number of carbonyl (C=O) groups is 1. The van der Waals surface area contributed by atoms with Crippen LogP contribution in [0.1, 0.15) is 37.0 Å². The number of hydrogen-bond acceptors (Lipinski definition) is 7. The molecule has 1 amide bonds. The van der Waals surface area contributed by atoms with Crippen molar-refractivity contribution in [3.8, 4) is 11.5 Å². The van der Waals surface area contributed by atoms with Gasteiger partial charge in [-0.25, -0.2) is 0 Å². The summed E-state index contributed by atoms with van der Waals surface area (Å²) in [6, 6.07) is 6.05.